The molecule has 1 aliphatic carbocycles. The zero-order chi connectivity index (χ0) is 24.1. The zero-order valence-electron chi connectivity index (χ0n) is 19.9. The van der Waals surface area contributed by atoms with Crippen LogP contribution in [-0.2, 0) is 9.53 Å². The minimum Gasteiger partial charge on any atom is -0.489 e. The summed E-state index contributed by atoms with van der Waals surface area (Å²) in [7, 11) is 1.37. The number of carbonyl (C=O) groups is 2. The number of likely N-dealkylation sites (tertiary alicyclic amines) is 1. The molecular formula is C27H33ClN2O4. The number of nitrogens with one attached hydrogen (secondary N) is 1. The molecule has 0 radical (unpaired) electrons. The molecule has 1 heterocycles. The SMILES string of the molecule is COC(=O)c1ccc(C(C)NC(=O)C2(N3CC[C@@H](Oc4cccc(Cl)c4)C3)CCCCC2)cc1. The average molecular weight is 485 g/mol. The Bertz CT molecular complexity index is 1000. The van der Waals surface area contributed by atoms with Crippen molar-refractivity contribution in [1.29, 1.82) is 0 Å². The van der Waals surface area contributed by atoms with Gasteiger partial charge in [-0.1, -0.05) is 49.1 Å². The number of amides is 1. The Morgan fingerprint density at radius 1 is 1.12 bits per heavy atom. The first-order valence-electron chi connectivity index (χ1n) is 12.1. The molecule has 6 nitrogen and oxygen atoms in total. The van der Waals surface area contributed by atoms with Crippen molar-refractivity contribution in [2.75, 3.05) is 20.2 Å². The first-order chi connectivity index (χ1) is 16.4. The van der Waals surface area contributed by atoms with Gasteiger partial charge in [0.25, 0.3) is 0 Å². The molecule has 1 N–H and O–H groups in total. The summed E-state index contributed by atoms with van der Waals surface area (Å²) >= 11 is 6.11. The highest BCUT2D eigenvalue weighted by Crippen LogP contribution is 2.37. The summed E-state index contributed by atoms with van der Waals surface area (Å²) in [6.07, 6.45) is 5.89. The van der Waals surface area contributed by atoms with Crippen LogP contribution in [0.2, 0.25) is 5.02 Å². The van der Waals surface area contributed by atoms with E-state index in [9.17, 15) is 9.59 Å². The summed E-state index contributed by atoms with van der Waals surface area (Å²) in [6, 6.07) is 14.5. The van der Waals surface area contributed by atoms with Gasteiger partial charge >= 0.3 is 5.97 Å². The average Bonchev–Trinajstić information content (AvgIpc) is 3.33. The van der Waals surface area contributed by atoms with E-state index in [0.29, 0.717) is 10.6 Å². The van der Waals surface area contributed by atoms with Crippen LogP contribution in [0.1, 0.15) is 67.4 Å². The molecule has 0 spiro atoms. The number of halogens is 1. The smallest absolute Gasteiger partial charge is 0.337 e. The second kappa shape index (κ2) is 10.8. The van der Waals surface area contributed by atoms with E-state index < -0.39 is 5.54 Å². The molecular weight excluding hydrogens is 452 g/mol. The van der Waals surface area contributed by atoms with Crippen LogP contribution in [0.5, 0.6) is 5.75 Å². The molecule has 2 atom stereocenters. The molecule has 2 aliphatic rings. The highest BCUT2D eigenvalue weighted by molar-refractivity contribution is 6.30. The fourth-order valence-corrected chi connectivity index (χ4v) is 5.39. The second-order valence-corrected chi connectivity index (χ2v) is 9.77. The van der Waals surface area contributed by atoms with E-state index in [2.05, 4.69) is 10.2 Å². The van der Waals surface area contributed by atoms with Crippen molar-refractivity contribution in [2.45, 2.75) is 63.1 Å². The lowest BCUT2D eigenvalue weighted by Gasteiger charge is -2.43. The van der Waals surface area contributed by atoms with Gasteiger partial charge in [0.05, 0.1) is 18.7 Å². The lowest BCUT2D eigenvalue weighted by molar-refractivity contribution is -0.136. The molecule has 1 aliphatic heterocycles. The molecule has 1 unspecified atom stereocenters. The van der Waals surface area contributed by atoms with E-state index >= 15 is 0 Å². The van der Waals surface area contributed by atoms with Gasteiger partial charge in [-0.15, -0.1) is 0 Å². The molecule has 34 heavy (non-hydrogen) atoms. The van der Waals surface area contributed by atoms with Crippen molar-refractivity contribution in [3.05, 3.63) is 64.7 Å². The second-order valence-electron chi connectivity index (χ2n) is 9.33. The van der Waals surface area contributed by atoms with Crippen LogP contribution in [0, 0.1) is 0 Å². The molecule has 4 rings (SSSR count). The lowest BCUT2D eigenvalue weighted by atomic mass is 9.79. The topological polar surface area (TPSA) is 67.9 Å². The molecule has 7 heteroatoms. The van der Waals surface area contributed by atoms with Crippen molar-refractivity contribution in [3.8, 4) is 5.75 Å². The fourth-order valence-electron chi connectivity index (χ4n) is 5.21. The fraction of sp³-hybridized carbons (Fsp3) is 0.481. The predicted octanol–water partition coefficient (Wildman–Crippen LogP) is 5.16. The van der Waals surface area contributed by atoms with Crippen molar-refractivity contribution in [3.63, 3.8) is 0 Å². The summed E-state index contributed by atoms with van der Waals surface area (Å²) in [6.45, 7) is 3.54. The maximum absolute atomic E-state index is 13.7. The van der Waals surface area contributed by atoms with Crippen LogP contribution >= 0.6 is 11.6 Å². The van der Waals surface area contributed by atoms with Gasteiger partial charge in [-0.05, 0) is 62.1 Å². The third-order valence-corrected chi connectivity index (χ3v) is 7.37. The Balaban J connectivity index is 1.44. The van der Waals surface area contributed by atoms with Crippen molar-refractivity contribution in [2.24, 2.45) is 0 Å². The largest absolute Gasteiger partial charge is 0.489 e. The summed E-state index contributed by atoms with van der Waals surface area (Å²) in [4.78, 5) is 27.8. The molecule has 2 aromatic carbocycles. The number of esters is 1. The monoisotopic (exact) mass is 484 g/mol. The minimum atomic E-state index is -0.509. The Kier molecular flexibility index (Phi) is 7.79. The van der Waals surface area contributed by atoms with Crippen LogP contribution < -0.4 is 10.1 Å². The molecule has 182 valence electrons. The molecule has 1 amide bonds. The standard InChI is InChI=1S/C27H33ClN2O4/c1-19(20-9-11-21(12-10-20)25(31)33-2)29-26(32)27(14-4-3-5-15-27)30-16-13-24(18-30)34-23-8-6-7-22(28)17-23/h6-12,17,19,24H,3-5,13-16,18H2,1-2H3,(H,29,32)/t19?,24-/m1/s1. The normalized spacial score (nSPS) is 21.0. The van der Waals surface area contributed by atoms with E-state index in [1.54, 1.807) is 12.1 Å². The van der Waals surface area contributed by atoms with Crippen LogP contribution in [0.15, 0.2) is 48.5 Å². The van der Waals surface area contributed by atoms with Gasteiger partial charge in [0.2, 0.25) is 5.91 Å². The first kappa shape index (κ1) is 24.6. The number of hydrogen-bond acceptors (Lipinski definition) is 5. The summed E-state index contributed by atoms with van der Waals surface area (Å²) in [5.74, 6) is 0.485. The third kappa shape index (κ3) is 5.39. The van der Waals surface area contributed by atoms with Crippen LogP contribution in [0.4, 0.5) is 0 Å². The zero-order valence-corrected chi connectivity index (χ0v) is 20.6. The third-order valence-electron chi connectivity index (χ3n) is 7.13. The lowest BCUT2D eigenvalue weighted by Crippen LogP contribution is -2.59. The number of carbonyl (C=O) groups excluding carboxylic acids is 2. The van der Waals surface area contributed by atoms with Gasteiger partial charge < -0.3 is 14.8 Å². The summed E-state index contributed by atoms with van der Waals surface area (Å²) in [5.41, 5.74) is 0.942. The number of ether oxygens (including phenoxy) is 2. The van der Waals surface area contributed by atoms with E-state index in [1.165, 1.54) is 7.11 Å². The molecule has 2 aromatic rings. The Morgan fingerprint density at radius 3 is 2.53 bits per heavy atom. The van der Waals surface area contributed by atoms with Gasteiger partial charge in [0, 0.05) is 18.1 Å². The van der Waals surface area contributed by atoms with Gasteiger partial charge in [-0.25, -0.2) is 4.79 Å². The van der Waals surface area contributed by atoms with E-state index in [-0.39, 0.29) is 24.0 Å². The van der Waals surface area contributed by atoms with Gasteiger partial charge in [-0.3, -0.25) is 9.69 Å². The number of hydrogen-bond donors (Lipinski definition) is 1. The molecule has 0 bridgehead atoms. The van der Waals surface area contributed by atoms with Gasteiger partial charge in [-0.2, -0.15) is 0 Å². The van der Waals surface area contributed by atoms with Crippen LogP contribution in [0.25, 0.3) is 0 Å². The maximum Gasteiger partial charge on any atom is 0.337 e. The van der Waals surface area contributed by atoms with Crippen molar-refractivity contribution in [1.82, 2.24) is 10.2 Å². The van der Waals surface area contributed by atoms with Crippen molar-refractivity contribution >= 4 is 23.5 Å². The van der Waals surface area contributed by atoms with Gasteiger partial charge in [0.1, 0.15) is 17.4 Å². The Hall–Kier alpha value is -2.57. The molecule has 2 fully saturated rings. The number of nitrogens with zero attached hydrogens (tertiary/aromatic N) is 1. The Labute approximate surface area is 206 Å². The number of rotatable bonds is 7. The molecule has 1 saturated carbocycles. The highest BCUT2D eigenvalue weighted by Gasteiger charge is 2.47. The number of benzene rings is 2. The van der Waals surface area contributed by atoms with Crippen LogP contribution in [-0.4, -0.2) is 48.6 Å². The van der Waals surface area contributed by atoms with E-state index in [1.807, 2.05) is 43.3 Å². The molecule has 0 aromatic heterocycles. The minimum absolute atomic E-state index is 0.0355. The van der Waals surface area contributed by atoms with E-state index in [0.717, 1.165) is 62.9 Å². The summed E-state index contributed by atoms with van der Waals surface area (Å²) in [5, 5.41) is 3.92. The predicted molar refractivity (Wildman–Crippen MR) is 132 cm³/mol. The number of methoxy groups -OCH3 is 1. The summed E-state index contributed by atoms with van der Waals surface area (Å²) < 4.78 is 11.0. The Morgan fingerprint density at radius 2 is 1.85 bits per heavy atom. The van der Waals surface area contributed by atoms with Crippen molar-refractivity contribution < 1.29 is 19.1 Å². The van der Waals surface area contributed by atoms with Crippen LogP contribution in [0.3, 0.4) is 0 Å². The molecule has 1 saturated heterocycles. The quantitative estimate of drug-likeness (QED) is 0.550. The maximum atomic E-state index is 13.7. The highest BCUT2D eigenvalue weighted by atomic mass is 35.5. The van der Waals surface area contributed by atoms with E-state index in [4.69, 9.17) is 21.1 Å². The van der Waals surface area contributed by atoms with Gasteiger partial charge in [0.15, 0.2) is 0 Å². The first-order valence-corrected chi connectivity index (χ1v) is 12.5.